The maximum atomic E-state index is 14.9. The van der Waals surface area contributed by atoms with Crippen molar-refractivity contribution in [1.29, 1.82) is 0 Å². The zero-order valence-electron chi connectivity index (χ0n) is 17.3. The van der Waals surface area contributed by atoms with Crippen molar-refractivity contribution in [2.24, 2.45) is 0 Å². The van der Waals surface area contributed by atoms with Gasteiger partial charge < -0.3 is 4.74 Å². The zero-order chi connectivity index (χ0) is 21.1. The standard InChI is InChI=1S/C24H28FNO3S/c1-18-7-10-24(21-5-3-2-4-6-21)30(27,28)26(18)17-22-9-8-20(16-23(22)25)15-19-11-13-29-14-12-19/h2-6,8-9,11,16,18,24H,7,10,12-15,17H2,1H3/t18-,24+/m0/s1. The summed E-state index contributed by atoms with van der Waals surface area (Å²) >= 11 is 0. The third kappa shape index (κ3) is 4.51. The molecule has 2 heterocycles. The molecule has 6 heteroatoms. The van der Waals surface area contributed by atoms with Crippen molar-refractivity contribution in [2.45, 2.75) is 50.4 Å². The fourth-order valence-corrected chi connectivity index (χ4v) is 6.52. The molecule has 4 nitrogen and oxygen atoms in total. The van der Waals surface area contributed by atoms with E-state index in [2.05, 4.69) is 6.08 Å². The van der Waals surface area contributed by atoms with E-state index in [1.54, 1.807) is 12.1 Å². The molecule has 2 atom stereocenters. The Bertz CT molecular complexity index is 1020. The molecular weight excluding hydrogens is 401 g/mol. The lowest BCUT2D eigenvalue weighted by atomic mass is 10.00. The van der Waals surface area contributed by atoms with E-state index in [4.69, 9.17) is 4.74 Å². The van der Waals surface area contributed by atoms with Crippen LogP contribution in [0, 0.1) is 5.82 Å². The van der Waals surface area contributed by atoms with Crippen molar-refractivity contribution < 1.29 is 17.5 Å². The van der Waals surface area contributed by atoms with Gasteiger partial charge in [-0.3, -0.25) is 0 Å². The summed E-state index contributed by atoms with van der Waals surface area (Å²) < 4.78 is 48.4. The van der Waals surface area contributed by atoms with Gasteiger partial charge in [-0.1, -0.05) is 54.1 Å². The predicted molar refractivity (Wildman–Crippen MR) is 116 cm³/mol. The molecule has 0 N–H and O–H groups in total. The monoisotopic (exact) mass is 429 g/mol. The van der Waals surface area contributed by atoms with E-state index >= 15 is 0 Å². The molecule has 1 saturated heterocycles. The number of hydrogen-bond acceptors (Lipinski definition) is 3. The van der Waals surface area contributed by atoms with Gasteiger partial charge in [0, 0.05) is 18.2 Å². The van der Waals surface area contributed by atoms with Crippen molar-refractivity contribution in [3.63, 3.8) is 0 Å². The normalized spacial score (nSPS) is 24.4. The average molecular weight is 430 g/mol. The van der Waals surface area contributed by atoms with Crippen molar-refractivity contribution in [2.75, 3.05) is 13.2 Å². The lowest BCUT2D eigenvalue weighted by Crippen LogP contribution is -2.44. The largest absolute Gasteiger partial charge is 0.377 e. The van der Waals surface area contributed by atoms with Crippen LogP contribution in [0.4, 0.5) is 4.39 Å². The lowest BCUT2D eigenvalue weighted by Gasteiger charge is -2.37. The second-order valence-electron chi connectivity index (χ2n) is 8.21. The first-order valence-electron chi connectivity index (χ1n) is 10.5. The van der Waals surface area contributed by atoms with E-state index in [1.165, 1.54) is 9.88 Å². The molecule has 0 spiro atoms. The second-order valence-corrected chi connectivity index (χ2v) is 10.3. The molecule has 0 aliphatic carbocycles. The van der Waals surface area contributed by atoms with Crippen LogP contribution in [-0.4, -0.2) is 32.0 Å². The van der Waals surface area contributed by atoms with Gasteiger partial charge in [0.2, 0.25) is 10.0 Å². The molecule has 0 unspecified atom stereocenters. The van der Waals surface area contributed by atoms with Crippen molar-refractivity contribution in [3.8, 4) is 0 Å². The van der Waals surface area contributed by atoms with Crippen LogP contribution >= 0.6 is 0 Å². The summed E-state index contributed by atoms with van der Waals surface area (Å²) in [6, 6.07) is 14.4. The summed E-state index contributed by atoms with van der Waals surface area (Å²) in [5.74, 6) is -0.343. The van der Waals surface area contributed by atoms with Crippen molar-refractivity contribution >= 4 is 10.0 Å². The van der Waals surface area contributed by atoms with Gasteiger partial charge in [-0.15, -0.1) is 0 Å². The molecule has 0 amide bonds. The summed E-state index contributed by atoms with van der Waals surface area (Å²) in [6.07, 6.45) is 4.98. The van der Waals surface area contributed by atoms with Crippen LogP contribution in [0.25, 0.3) is 0 Å². The zero-order valence-corrected chi connectivity index (χ0v) is 18.1. The molecule has 2 aliphatic heterocycles. The molecule has 2 aliphatic rings. The van der Waals surface area contributed by atoms with Crippen molar-refractivity contribution in [3.05, 3.63) is 82.7 Å². The summed E-state index contributed by atoms with van der Waals surface area (Å²) in [5.41, 5.74) is 3.38. The highest BCUT2D eigenvalue weighted by atomic mass is 32.2. The number of hydrogen-bond donors (Lipinski definition) is 0. The van der Waals surface area contributed by atoms with E-state index in [-0.39, 0.29) is 18.4 Å². The summed E-state index contributed by atoms with van der Waals surface area (Å²) in [6.45, 7) is 3.29. The summed E-state index contributed by atoms with van der Waals surface area (Å²) in [5, 5.41) is -0.572. The summed E-state index contributed by atoms with van der Waals surface area (Å²) in [7, 11) is -3.57. The molecule has 0 bridgehead atoms. The van der Waals surface area contributed by atoms with Gasteiger partial charge in [-0.05, 0) is 49.8 Å². The molecule has 160 valence electrons. The Morgan fingerprint density at radius 1 is 1.13 bits per heavy atom. The number of benzene rings is 2. The van der Waals surface area contributed by atoms with Gasteiger partial charge in [-0.2, -0.15) is 4.31 Å². The Morgan fingerprint density at radius 3 is 2.63 bits per heavy atom. The van der Waals surface area contributed by atoms with E-state index in [9.17, 15) is 12.8 Å². The van der Waals surface area contributed by atoms with Gasteiger partial charge in [0.05, 0.1) is 13.2 Å². The molecular formula is C24H28FNO3S. The molecule has 0 aromatic heterocycles. The van der Waals surface area contributed by atoms with E-state index in [0.29, 0.717) is 31.6 Å². The Morgan fingerprint density at radius 2 is 1.93 bits per heavy atom. The van der Waals surface area contributed by atoms with Crippen molar-refractivity contribution in [1.82, 2.24) is 4.31 Å². The molecule has 2 aromatic rings. The Hall–Kier alpha value is -2.02. The van der Waals surface area contributed by atoms with E-state index < -0.39 is 15.3 Å². The minimum absolute atomic E-state index is 0.0650. The molecule has 0 radical (unpaired) electrons. The average Bonchev–Trinajstić information content (AvgIpc) is 2.73. The second kappa shape index (κ2) is 9.00. The maximum absolute atomic E-state index is 14.9. The minimum atomic E-state index is -3.57. The van der Waals surface area contributed by atoms with Gasteiger partial charge in [0.15, 0.2) is 0 Å². The van der Waals surface area contributed by atoms with E-state index in [1.807, 2.05) is 43.3 Å². The SMILES string of the molecule is C[C@H]1CC[C@H](c2ccccc2)S(=O)(=O)N1Cc1ccc(CC2=CCOCC2)cc1F. The molecule has 2 aromatic carbocycles. The predicted octanol–water partition coefficient (Wildman–Crippen LogP) is 4.77. The fraction of sp³-hybridized carbons (Fsp3) is 0.417. The number of halogens is 1. The number of sulfonamides is 1. The quantitative estimate of drug-likeness (QED) is 0.643. The van der Waals surface area contributed by atoms with Gasteiger partial charge in [0.25, 0.3) is 0 Å². The van der Waals surface area contributed by atoms with Crippen LogP contribution in [0.3, 0.4) is 0 Å². The molecule has 1 fully saturated rings. The maximum Gasteiger partial charge on any atom is 0.221 e. The van der Waals surface area contributed by atoms with Gasteiger partial charge >= 0.3 is 0 Å². The Labute approximate surface area is 178 Å². The fourth-order valence-electron chi connectivity index (χ4n) is 4.34. The van der Waals surface area contributed by atoms with Crippen LogP contribution in [0.5, 0.6) is 0 Å². The number of rotatable bonds is 5. The van der Waals surface area contributed by atoms with Crippen LogP contribution in [-0.2, 0) is 27.7 Å². The first-order chi connectivity index (χ1) is 14.4. The highest BCUT2D eigenvalue weighted by Gasteiger charge is 2.40. The highest BCUT2D eigenvalue weighted by Crippen LogP contribution is 2.38. The first kappa shape index (κ1) is 21.2. The number of nitrogens with zero attached hydrogens (tertiary/aromatic N) is 1. The Kier molecular flexibility index (Phi) is 6.37. The topological polar surface area (TPSA) is 46.6 Å². The first-order valence-corrected chi connectivity index (χ1v) is 12.0. The van der Waals surface area contributed by atoms with Crippen LogP contribution in [0.1, 0.15) is 48.1 Å². The smallest absolute Gasteiger partial charge is 0.221 e. The third-order valence-corrected chi connectivity index (χ3v) is 8.50. The van der Waals surface area contributed by atoms with Gasteiger partial charge in [-0.25, -0.2) is 12.8 Å². The molecule has 30 heavy (non-hydrogen) atoms. The number of ether oxygens (including phenoxy) is 1. The summed E-state index contributed by atoms with van der Waals surface area (Å²) in [4.78, 5) is 0. The highest BCUT2D eigenvalue weighted by molar-refractivity contribution is 7.89. The molecule has 0 saturated carbocycles. The van der Waals surface area contributed by atoms with Crippen LogP contribution in [0.2, 0.25) is 0 Å². The lowest BCUT2D eigenvalue weighted by molar-refractivity contribution is 0.154. The van der Waals surface area contributed by atoms with E-state index in [0.717, 1.165) is 24.0 Å². The Balaban J connectivity index is 1.54. The third-order valence-electron chi connectivity index (χ3n) is 6.13. The minimum Gasteiger partial charge on any atom is -0.377 e. The van der Waals surface area contributed by atoms with Gasteiger partial charge in [0.1, 0.15) is 11.1 Å². The van der Waals surface area contributed by atoms with Crippen LogP contribution < -0.4 is 0 Å². The van der Waals surface area contributed by atoms with Crippen LogP contribution in [0.15, 0.2) is 60.2 Å². The molecule has 4 rings (SSSR count).